The average molecular weight is 269 g/mol. The number of esters is 1. The van der Waals surface area contributed by atoms with Crippen molar-refractivity contribution in [1.82, 2.24) is 9.97 Å². The minimum absolute atomic E-state index is 0.273. The van der Waals surface area contributed by atoms with Crippen LogP contribution >= 0.6 is 0 Å². The molecule has 1 aromatic heterocycles. The van der Waals surface area contributed by atoms with E-state index in [1.807, 2.05) is 0 Å². The third kappa shape index (κ3) is 1.99. The number of nitrogens with one attached hydrogen (secondary N) is 1. The second kappa shape index (κ2) is 5.05. The Morgan fingerprint density at radius 3 is 3.10 bits per heavy atom. The maximum Gasteiger partial charge on any atom is 0.348 e. The molecular formula is C14H11N3O3. The first-order chi connectivity index (χ1) is 9.81. The lowest BCUT2D eigenvalue weighted by Crippen LogP contribution is -2.21. The van der Waals surface area contributed by atoms with Gasteiger partial charge in [0.1, 0.15) is 23.6 Å². The number of anilines is 1. The van der Waals surface area contributed by atoms with Gasteiger partial charge in [-0.2, -0.15) is 0 Å². The topological polar surface area (TPSA) is 73.3 Å². The summed E-state index contributed by atoms with van der Waals surface area (Å²) in [4.78, 5) is 20.0. The molecule has 1 N–H and O–H groups in total. The van der Waals surface area contributed by atoms with Crippen LogP contribution in [0.15, 0.2) is 18.6 Å². The Labute approximate surface area is 115 Å². The molecule has 20 heavy (non-hydrogen) atoms. The van der Waals surface area contributed by atoms with Gasteiger partial charge in [-0.05, 0) is 0 Å². The van der Waals surface area contributed by atoms with Gasteiger partial charge in [-0.15, -0.1) is 0 Å². The summed E-state index contributed by atoms with van der Waals surface area (Å²) in [6.45, 7) is 1.10. The van der Waals surface area contributed by atoms with Crippen LogP contribution in [0.4, 0.5) is 5.69 Å². The monoisotopic (exact) mass is 269 g/mol. The predicted octanol–water partition coefficient (Wildman–Crippen LogP) is 1.33. The minimum atomic E-state index is -0.485. The second-order valence-corrected chi connectivity index (χ2v) is 4.06. The molecule has 1 aliphatic heterocycles. The van der Waals surface area contributed by atoms with Crippen molar-refractivity contribution in [1.29, 1.82) is 0 Å². The lowest BCUT2D eigenvalue weighted by Gasteiger charge is -2.21. The molecule has 1 aromatic carbocycles. The number of hydrogen-bond acceptors (Lipinski definition) is 6. The van der Waals surface area contributed by atoms with Crippen molar-refractivity contribution in [2.75, 3.05) is 25.6 Å². The quantitative estimate of drug-likeness (QED) is 0.829. The highest BCUT2D eigenvalue weighted by Crippen LogP contribution is 2.37. The van der Waals surface area contributed by atoms with E-state index in [4.69, 9.17) is 9.47 Å². The molecule has 3 rings (SSSR count). The molecule has 0 atom stereocenters. The lowest BCUT2D eigenvalue weighted by molar-refractivity contribution is 0.0601. The van der Waals surface area contributed by atoms with Crippen LogP contribution in [0, 0.1) is 12.1 Å². The molecule has 1 aliphatic rings. The standard InChI is InChI=1S/C14H11N3O3/c1-19-14(18)10-3-2-9(11-8-15-4-5-16-11)13-12(10)17-6-7-20-13/h4-5,8,17H,6-7H2,1H3. The van der Waals surface area contributed by atoms with Crippen LogP contribution in [0.1, 0.15) is 10.4 Å². The van der Waals surface area contributed by atoms with Gasteiger partial charge in [0.2, 0.25) is 0 Å². The Morgan fingerprint density at radius 2 is 2.35 bits per heavy atom. The molecule has 6 heteroatoms. The first-order valence-corrected chi connectivity index (χ1v) is 6.03. The van der Waals surface area contributed by atoms with Crippen molar-refractivity contribution in [3.05, 3.63) is 36.3 Å². The third-order valence-corrected chi connectivity index (χ3v) is 2.88. The fraction of sp³-hybridized carbons (Fsp3) is 0.214. The molecule has 0 aliphatic carbocycles. The molecule has 6 nitrogen and oxygen atoms in total. The number of rotatable bonds is 2. The van der Waals surface area contributed by atoms with Crippen molar-refractivity contribution >= 4 is 11.7 Å². The molecule has 0 radical (unpaired) electrons. The first kappa shape index (κ1) is 12.2. The molecule has 100 valence electrons. The van der Waals surface area contributed by atoms with Crippen LogP contribution in [-0.2, 0) is 4.74 Å². The molecule has 0 amide bonds. The van der Waals surface area contributed by atoms with E-state index in [0.29, 0.717) is 35.8 Å². The third-order valence-electron chi connectivity index (χ3n) is 2.88. The molecule has 2 aromatic rings. The Morgan fingerprint density at radius 1 is 1.45 bits per heavy atom. The van der Waals surface area contributed by atoms with E-state index in [0.717, 1.165) is 0 Å². The highest BCUT2D eigenvalue weighted by Gasteiger charge is 2.23. The highest BCUT2D eigenvalue weighted by molar-refractivity contribution is 5.98. The molecule has 0 saturated carbocycles. The Hall–Kier alpha value is -2.81. The zero-order chi connectivity index (χ0) is 13.9. The number of nitrogens with zero attached hydrogens (tertiary/aromatic N) is 2. The highest BCUT2D eigenvalue weighted by atomic mass is 16.5. The van der Waals surface area contributed by atoms with Crippen molar-refractivity contribution in [3.8, 4) is 17.0 Å². The summed E-state index contributed by atoms with van der Waals surface area (Å²) in [5, 5.41) is 3.13. The van der Waals surface area contributed by atoms with Gasteiger partial charge in [0.05, 0.1) is 18.9 Å². The molecule has 0 spiro atoms. The smallest absolute Gasteiger partial charge is 0.348 e. The van der Waals surface area contributed by atoms with Crippen LogP contribution in [0.2, 0.25) is 0 Å². The summed E-state index contributed by atoms with van der Waals surface area (Å²) in [6, 6.07) is 5.71. The number of aromatic nitrogens is 2. The van der Waals surface area contributed by atoms with Gasteiger partial charge in [-0.1, -0.05) is 12.1 Å². The fourth-order valence-electron chi connectivity index (χ4n) is 1.99. The van der Waals surface area contributed by atoms with Gasteiger partial charge in [-0.25, -0.2) is 4.79 Å². The molecular weight excluding hydrogens is 258 g/mol. The summed E-state index contributed by atoms with van der Waals surface area (Å²) < 4.78 is 10.4. The van der Waals surface area contributed by atoms with Gasteiger partial charge < -0.3 is 14.8 Å². The van der Waals surface area contributed by atoms with Crippen LogP contribution < -0.4 is 10.1 Å². The van der Waals surface area contributed by atoms with Crippen molar-refractivity contribution in [2.24, 2.45) is 0 Å². The number of fused-ring (bicyclic) bond motifs is 1. The van der Waals surface area contributed by atoms with Crippen LogP contribution in [-0.4, -0.2) is 36.2 Å². The number of methoxy groups -OCH3 is 1. The number of carbonyl (C=O) groups excluding carboxylic acids is 1. The molecule has 2 heterocycles. The molecule has 0 bridgehead atoms. The van der Waals surface area contributed by atoms with E-state index in [-0.39, 0.29) is 5.56 Å². The summed E-state index contributed by atoms with van der Waals surface area (Å²) in [5.41, 5.74) is 2.06. The SMILES string of the molecule is COC(=O)c1c#cc(-c2cnccn2)c2c1NCCO2. The molecule has 0 unspecified atom stereocenters. The van der Waals surface area contributed by atoms with Crippen molar-refractivity contribution < 1.29 is 14.3 Å². The number of hydrogen-bond donors (Lipinski definition) is 1. The maximum absolute atomic E-state index is 11.7. The maximum atomic E-state index is 11.7. The van der Waals surface area contributed by atoms with E-state index in [9.17, 15) is 4.79 Å². The Bertz CT molecular complexity index is 644. The summed E-state index contributed by atoms with van der Waals surface area (Å²) in [6.07, 6.45) is 4.78. The van der Waals surface area contributed by atoms with Crippen LogP contribution in [0.3, 0.4) is 0 Å². The predicted molar refractivity (Wildman–Crippen MR) is 70.5 cm³/mol. The van der Waals surface area contributed by atoms with Crippen molar-refractivity contribution in [2.45, 2.75) is 0 Å². The number of carbonyl (C=O) groups is 1. The molecule has 0 saturated heterocycles. The Balaban J connectivity index is 2.16. The van der Waals surface area contributed by atoms with Gasteiger partial charge >= 0.3 is 5.97 Å². The first-order valence-electron chi connectivity index (χ1n) is 6.03. The normalized spacial score (nSPS) is 12.4. The Kier molecular flexibility index (Phi) is 3.09. The molecule has 0 fully saturated rings. The van der Waals surface area contributed by atoms with E-state index in [1.54, 1.807) is 18.6 Å². The van der Waals surface area contributed by atoms with Gasteiger partial charge in [0.15, 0.2) is 5.75 Å². The summed E-state index contributed by atoms with van der Waals surface area (Å²) >= 11 is 0. The lowest BCUT2D eigenvalue weighted by atomic mass is 10.1. The van der Waals surface area contributed by atoms with Gasteiger partial charge in [0, 0.05) is 18.9 Å². The summed E-state index contributed by atoms with van der Waals surface area (Å²) in [7, 11) is 1.32. The van der Waals surface area contributed by atoms with E-state index in [2.05, 4.69) is 27.4 Å². The van der Waals surface area contributed by atoms with E-state index >= 15 is 0 Å². The van der Waals surface area contributed by atoms with Crippen LogP contribution in [0.5, 0.6) is 5.75 Å². The number of ether oxygens (including phenoxy) is 2. The van der Waals surface area contributed by atoms with Crippen LogP contribution in [0.25, 0.3) is 11.3 Å². The second-order valence-electron chi connectivity index (χ2n) is 4.06. The van der Waals surface area contributed by atoms with E-state index in [1.165, 1.54) is 7.11 Å². The minimum Gasteiger partial charge on any atom is -0.488 e. The fourth-order valence-corrected chi connectivity index (χ4v) is 1.99. The summed E-state index contributed by atoms with van der Waals surface area (Å²) in [5.74, 6) is 0.0390. The van der Waals surface area contributed by atoms with E-state index < -0.39 is 5.97 Å². The average Bonchev–Trinajstić information content (AvgIpc) is 2.54. The van der Waals surface area contributed by atoms with Crippen molar-refractivity contribution in [3.63, 3.8) is 0 Å². The zero-order valence-electron chi connectivity index (χ0n) is 10.8. The van der Waals surface area contributed by atoms with Gasteiger partial charge in [0.25, 0.3) is 0 Å². The van der Waals surface area contributed by atoms with Gasteiger partial charge in [-0.3, -0.25) is 9.97 Å². The zero-order valence-corrected chi connectivity index (χ0v) is 10.8. The largest absolute Gasteiger partial charge is 0.488 e.